The van der Waals surface area contributed by atoms with E-state index >= 15 is 0 Å². The molecule has 110 valence electrons. The van der Waals surface area contributed by atoms with E-state index in [1.54, 1.807) is 16.9 Å². The van der Waals surface area contributed by atoms with Gasteiger partial charge in [0, 0.05) is 24.0 Å². The Kier molecular flexibility index (Phi) is 4.01. The Bertz CT molecular complexity index is 778. The lowest BCUT2D eigenvalue weighted by Crippen LogP contribution is -2.14. The molecule has 0 unspecified atom stereocenters. The van der Waals surface area contributed by atoms with E-state index in [1.165, 1.54) is 0 Å². The molecule has 1 N–H and O–H groups in total. The summed E-state index contributed by atoms with van der Waals surface area (Å²) in [6, 6.07) is 19.5. The molecule has 1 amide bonds. The number of hydrogen-bond donors (Lipinski definition) is 1. The summed E-state index contributed by atoms with van der Waals surface area (Å²) in [5, 5.41) is 7.18. The molecule has 3 aromatic rings. The first-order valence-electron chi connectivity index (χ1n) is 7.27. The van der Waals surface area contributed by atoms with Gasteiger partial charge in [0.2, 0.25) is 0 Å². The van der Waals surface area contributed by atoms with Crippen molar-refractivity contribution in [2.75, 3.05) is 5.32 Å². The van der Waals surface area contributed by atoms with E-state index in [9.17, 15) is 4.79 Å². The van der Waals surface area contributed by atoms with Crippen LogP contribution in [0.1, 0.15) is 17.4 Å². The van der Waals surface area contributed by atoms with Crippen molar-refractivity contribution in [3.8, 4) is 11.1 Å². The number of aryl methyl sites for hydroxylation is 1. The van der Waals surface area contributed by atoms with Gasteiger partial charge in [0.15, 0.2) is 5.69 Å². The third-order valence-electron chi connectivity index (χ3n) is 3.46. The normalized spacial score (nSPS) is 10.4. The van der Waals surface area contributed by atoms with E-state index in [1.807, 2.05) is 61.5 Å². The zero-order chi connectivity index (χ0) is 15.4. The van der Waals surface area contributed by atoms with Gasteiger partial charge < -0.3 is 5.32 Å². The molecule has 22 heavy (non-hydrogen) atoms. The lowest BCUT2D eigenvalue weighted by Gasteiger charge is -2.10. The quantitative estimate of drug-likeness (QED) is 0.794. The summed E-state index contributed by atoms with van der Waals surface area (Å²) >= 11 is 0. The number of anilines is 1. The summed E-state index contributed by atoms with van der Waals surface area (Å²) < 4.78 is 1.73. The zero-order valence-electron chi connectivity index (χ0n) is 12.4. The molecule has 0 aliphatic heterocycles. The van der Waals surface area contributed by atoms with Gasteiger partial charge in [-0.25, -0.2) is 0 Å². The van der Waals surface area contributed by atoms with Crippen LogP contribution in [0.15, 0.2) is 66.9 Å². The number of nitrogens with one attached hydrogen (secondary N) is 1. The van der Waals surface area contributed by atoms with Crippen molar-refractivity contribution in [3.05, 3.63) is 72.6 Å². The lowest BCUT2D eigenvalue weighted by molar-refractivity contribution is 0.102. The second kappa shape index (κ2) is 6.26. The number of para-hydroxylation sites is 1. The van der Waals surface area contributed by atoms with E-state index in [0.717, 1.165) is 23.4 Å². The van der Waals surface area contributed by atoms with Crippen LogP contribution in [-0.4, -0.2) is 15.7 Å². The van der Waals surface area contributed by atoms with Gasteiger partial charge >= 0.3 is 0 Å². The van der Waals surface area contributed by atoms with Crippen molar-refractivity contribution in [2.45, 2.75) is 13.5 Å². The molecule has 0 bridgehead atoms. The summed E-state index contributed by atoms with van der Waals surface area (Å²) in [6.45, 7) is 2.73. The van der Waals surface area contributed by atoms with Crippen LogP contribution in [0.5, 0.6) is 0 Å². The molecular weight excluding hydrogens is 274 g/mol. The van der Waals surface area contributed by atoms with Gasteiger partial charge in [0.05, 0.1) is 0 Å². The Balaban J connectivity index is 1.88. The van der Waals surface area contributed by atoms with E-state index in [0.29, 0.717) is 5.69 Å². The van der Waals surface area contributed by atoms with Gasteiger partial charge in [-0.3, -0.25) is 9.48 Å². The van der Waals surface area contributed by atoms with Gasteiger partial charge in [-0.2, -0.15) is 5.10 Å². The number of benzene rings is 2. The molecule has 0 spiro atoms. The number of carbonyl (C=O) groups excluding carboxylic acids is 1. The van der Waals surface area contributed by atoms with Crippen LogP contribution >= 0.6 is 0 Å². The molecule has 4 heteroatoms. The van der Waals surface area contributed by atoms with Crippen LogP contribution in [0.2, 0.25) is 0 Å². The van der Waals surface area contributed by atoms with E-state index in [4.69, 9.17) is 0 Å². The molecule has 4 nitrogen and oxygen atoms in total. The lowest BCUT2D eigenvalue weighted by atomic mass is 10.0. The third kappa shape index (κ3) is 2.91. The number of aromatic nitrogens is 2. The van der Waals surface area contributed by atoms with Crippen molar-refractivity contribution in [1.29, 1.82) is 0 Å². The van der Waals surface area contributed by atoms with Gasteiger partial charge in [-0.1, -0.05) is 48.5 Å². The fourth-order valence-electron chi connectivity index (χ4n) is 2.31. The Morgan fingerprint density at radius 1 is 1.05 bits per heavy atom. The summed E-state index contributed by atoms with van der Waals surface area (Å²) in [5.41, 5.74) is 3.26. The van der Waals surface area contributed by atoms with Crippen molar-refractivity contribution >= 4 is 11.6 Å². The van der Waals surface area contributed by atoms with Crippen LogP contribution < -0.4 is 5.32 Å². The third-order valence-corrected chi connectivity index (χ3v) is 3.46. The predicted octanol–water partition coefficient (Wildman–Crippen LogP) is 3.82. The van der Waals surface area contributed by atoms with Crippen LogP contribution in [0.4, 0.5) is 5.69 Å². The largest absolute Gasteiger partial charge is 0.320 e. The molecule has 1 heterocycles. The van der Waals surface area contributed by atoms with Crippen molar-refractivity contribution in [1.82, 2.24) is 9.78 Å². The van der Waals surface area contributed by atoms with Gasteiger partial charge in [0.25, 0.3) is 5.91 Å². The highest BCUT2D eigenvalue weighted by Crippen LogP contribution is 2.27. The standard InChI is InChI=1S/C18H17N3O/c1-2-21-13-12-17(20-21)18(22)19-16-11-7-6-10-15(16)14-8-4-3-5-9-14/h3-13H,2H2,1H3,(H,19,22). The minimum atomic E-state index is -0.199. The molecule has 1 aromatic heterocycles. The smallest absolute Gasteiger partial charge is 0.276 e. The van der Waals surface area contributed by atoms with Gasteiger partial charge in [-0.05, 0) is 24.6 Å². The number of carbonyl (C=O) groups is 1. The summed E-state index contributed by atoms with van der Waals surface area (Å²) in [5.74, 6) is -0.199. The topological polar surface area (TPSA) is 46.9 Å². The first-order chi connectivity index (χ1) is 10.8. The first-order valence-corrected chi connectivity index (χ1v) is 7.27. The monoisotopic (exact) mass is 291 g/mol. The SMILES string of the molecule is CCn1ccc(C(=O)Nc2ccccc2-c2ccccc2)n1. The molecule has 0 aliphatic carbocycles. The van der Waals surface area contributed by atoms with Gasteiger partial charge in [0.1, 0.15) is 0 Å². The molecule has 0 radical (unpaired) electrons. The number of amides is 1. The maximum atomic E-state index is 12.3. The molecular formula is C18H17N3O. The van der Waals surface area contributed by atoms with Crippen LogP contribution in [-0.2, 0) is 6.54 Å². The summed E-state index contributed by atoms with van der Waals surface area (Å²) in [7, 11) is 0. The van der Waals surface area contributed by atoms with Crippen LogP contribution in [0.3, 0.4) is 0 Å². The molecule has 0 fully saturated rings. The number of rotatable bonds is 4. The first kappa shape index (κ1) is 14.1. The molecule has 3 rings (SSSR count). The second-order valence-corrected chi connectivity index (χ2v) is 4.92. The average Bonchev–Trinajstić information content (AvgIpc) is 3.05. The molecule has 0 saturated carbocycles. The minimum absolute atomic E-state index is 0.199. The maximum absolute atomic E-state index is 12.3. The van der Waals surface area contributed by atoms with E-state index < -0.39 is 0 Å². The number of hydrogen-bond acceptors (Lipinski definition) is 2. The van der Waals surface area contributed by atoms with Crippen LogP contribution in [0, 0.1) is 0 Å². The fraction of sp³-hybridized carbons (Fsp3) is 0.111. The highest BCUT2D eigenvalue weighted by molar-refractivity contribution is 6.05. The Morgan fingerprint density at radius 3 is 2.50 bits per heavy atom. The predicted molar refractivity (Wildman–Crippen MR) is 87.7 cm³/mol. The van der Waals surface area contributed by atoms with Crippen molar-refractivity contribution in [3.63, 3.8) is 0 Å². The molecule has 0 aliphatic rings. The van der Waals surface area contributed by atoms with Crippen molar-refractivity contribution < 1.29 is 4.79 Å². The Morgan fingerprint density at radius 2 is 1.77 bits per heavy atom. The second-order valence-electron chi connectivity index (χ2n) is 4.92. The molecule has 0 saturated heterocycles. The van der Waals surface area contributed by atoms with Gasteiger partial charge in [-0.15, -0.1) is 0 Å². The highest BCUT2D eigenvalue weighted by Gasteiger charge is 2.12. The van der Waals surface area contributed by atoms with Crippen LogP contribution in [0.25, 0.3) is 11.1 Å². The maximum Gasteiger partial charge on any atom is 0.276 e. The molecule has 0 atom stereocenters. The van der Waals surface area contributed by atoms with E-state index in [-0.39, 0.29) is 5.91 Å². The number of nitrogens with zero attached hydrogens (tertiary/aromatic N) is 2. The minimum Gasteiger partial charge on any atom is -0.320 e. The summed E-state index contributed by atoms with van der Waals surface area (Å²) in [4.78, 5) is 12.3. The highest BCUT2D eigenvalue weighted by atomic mass is 16.1. The summed E-state index contributed by atoms with van der Waals surface area (Å²) in [6.07, 6.45) is 1.80. The van der Waals surface area contributed by atoms with Crippen molar-refractivity contribution in [2.24, 2.45) is 0 Å². The Hall–Kier alpha value is -2.88. The fourth-order valence-corrected chi connectivity index (χ4v) is 2.31. The Labute approximate surface area is 129 Å². The van der Waals surface area contributed by atoms with E-state index in [2.05, 4.69) is 10.4 Å². The molecule has 2 aromatic carbocycles. The zero-order valence-corrected chi connectivity index (χ0v) is 12.4. The average molecular weight is 291 g/mol.